The highest BCUT2D eigenvalue weighted by molar-refractivity contribution is 6.50. The summed E-state index contributed by atoms with van der Waals surface area (Å²) < 4.78 is 12.8. The third-order valence-corrected chi connectivity index (χ3v) is 5.91. The lowest BCUT2D eigenvalue weighted by Crippen LogP contribution is -2.43. The van der Waals surface area contributed by atoms with Gasteiger partial charge < -0.3 is 9.31 Å². The van der Waals surface area contributed by atoms with Crippen molar-refractivity contribution in [2.45, 2.75) is 64.5 Å². The van der Waals surface area contributed by atoms with Crippen LogP contribution in [0.25, 0.3) is 10.8 Å². The van der Waals surface area contributed by atoms with E-state index in [1.807, 2.05) is 0 Å². The number of hydrogen-bond donors (Lipinski definition) is 0. The summed E-state index contributed by atoms with van der Waals surface area (Å²) in [6.07, 6.45) is 0.956. The molecule has 2 aromatic rings. The van der Waals surface area contributed by atoms with Gasteiger partial charge in [0.25, 0.3) is 0 Å². The van der Waals surface area contributed by atoms with Crippen LogP contribution in [0.1, 0.15) is 53.5 Å². The summed E-state index contributed by atoms with van der Waals surface area (Å²) in [6, 6.07) is 15.1. The summed E-state index contributed by atoms with van der Waals surface area (Å²) in [5.74, 6) is 0. The van der Waals surface area contributed by atoms with Crippen molar-refractivity contribution in [2.75, 3.05) is 0 Å². The molecule has 0 amide bonds. The molecule has 1 saturated heterocycles. The van der Waals surface area contributed by atoms with Gasteiger partial charge in [0.05, 0.1) is 11.2 Å². The topological polar surface area (TPSA) is 18.5 Å². The van der Waals surface area contributed by atoms with Gasteiger partial charge in [-0.1, -0.05) is 56.3 Å². The van der Waals surface area contributed by atoms with Crippen molar-refractivity contribution in [2.24, 2.45) is 0 Å². The van der Waals surface area contributed by atoms with E-state index in [1.54, 1.807) is 0 Å². The number of hydrogen-bond acceptors (Lipinski definition) is 2. The molecular weight excluding hydrogens is 283 g/mol. The molecule has 2 aromatic carbocycles. The van der Waals surface area contributed by atoms with Gasteiger partial charge in [0.1, 0.15) is 0 Å². The van der Waals surface area contributed by atoms with Crippen LogP contribution in [0.5, 0.6) is 0 Å². The van der Waals surface area contributed by atoms with Gasteiger partial charge in [-0.15, -0.1) is 0 Å². The summed E-state index contributed by atoms with van der Waals surface area (Å²) in [5, 5.41) is 2.36. The Morgan fingerprint density at radius 3 is 2.09 bits per heavy atom. The van der Waals surface area contributed by atoms with Gasteiger partial charge in [0, 0.05) is 5.31 Å². The minimum absolute atomic E-state index is 0.189. The monoisotopic (exact) mass is 310 g/mol. The molecule has 0 N–H and O–H groups in total. The Bertz CT molecular complexity index is 701. The maximum Gasteiger partial charge on any atom is 0.468 e. The molecule has 122 valence electrons. The van der Waals surface area contributed by atoms with Crippen molar-refractivity contribution in [3.8, 4) is 0 Å². The Morgan fingerprint density at radius 2 is 1.48 bits per heavy atom. The molecule has 1 aliphatic heterocycles. The Hall–Kier alpha value is -1.32. The van der Waals surface area contributed by atoms with Crippen LogP contribution in [-0.4, -0.2) is 18.3 Å². The molecule has 0 spiro atoms. The van der Waals surface area contributed by atoms with E-state index in [0.717, 1.165) is 6.42 Å². The molecule has 1 unspecified atom stereocenters. The Labute approximate surface area is 140 Å². The fraction of sp³-hybridized carbons (Fsp3) is 0.500. The van der Waals surface area contributed by atoms with E-state index in [2.05, 4.69) is 84.0 Å². The van der Waals surface area contributed by atoms with Crippen LogP contribution in [0.3, 0.4) is 0 Å². The lowest BCUT2D eigenvalue weighted by molar-refractivity contribution is 0.00578. The zero-order valence-corrected chi connectivity index (χ0v) is 15.1. The smallest absolute Gasteiger partial charge is 0.403 e. The molecular formula is C20H27BO2. The lowest BCUT2D eigenvalue weighted by atomic mass is 9.53. The maximum absolute atomic E-state index is 6.40. The van der Waals surface area contributed by atoms with Crippen LogP contribution in [-0.2, 0) is 14.6 Å². The first-order chi connectivity index (χ1) is 10.7. The molecule has 1 fully saturated rings. The van der Waals surface area contributed by atoms with Gasteiger partial charge in [-0.05, 0) is 50.5 Å². The predicted molar refractivity (Wildman–Crippen MR) is 97.7 cm³/mol. The molecule has 23 heavy (non-hydrogen) atoms. The minimum Gasteiger partial charge on any atom is -0.403 e. The first-order valence-corrected chi connectivity index (χ1v) is 8.55. The summed E-state index contributed by atoms with van der Waals surface area (Å²) >= 11 is 0. The van der Waals surface area contributed by atoms with Gasteiger partial charge in [0.2, 0.25) is 0 Å². The van der Waals surface area contributed by atoms with Crippen molar-refractivity contribution in [1.29, 1.82) is 0 Å². The van der Waals surface area contributed by atoms with Crippen LogP contribution in [0.4, 0.5) is 0 Å². The molecule has 0 radical (unpaired) electrons. The van der Waals surface area contributed by atoms with Crippen LogP contribution >= 0.6 is 0 Å². The van der Waals surface area contributed by atoms with Crippen molar-refractivity contribution in [1.82, 2.24) is 0 Å². The zero-order chi connectivity index (χ0) is 16.9. The van der Waals surface area contributed by atoms with Crippen LogP contribution in [0, 0.1) is 0 Å². The van der Waals surface area contributed by atoms with Crippen molar-refractivity contribution < 1.29 is 9.31 Å². The van der Waals surface area contributed by atoms with Gasteiger partial charge in [0.15, 0.2) is 0 Å². The van der Waals surface area contributed by atoms with E-state index in [1.165, 1.54) is 16.3 Å². The van der Waals surface area contributed by atoms with Crippen LogP contribution in [0.2, 0.25) is 0 Å². The minimum atomic E-state index is -0.307. The molecule has 1 heterocycles. The third-order valence-electron chi connectivity index (χ3n) is 5.91. The van der Waals surface area contributed by atoms with Crippen LogP contribution in [0.15, 0.2) is 42.5 Å². The second kappa shape index (κ2) is 5.36. The first kappa shape index (κ1) is 16.5. The van der Waals surface area contributed by atoms with E-state index >= 15 is 0 Å². The Kier molecular flexibility index (Phi) is 3.85. The highest BCUT2D eigenvalue weighted by Crippen LogP contribution is 2.45. The Balaban J connectivity index is 2.11. The van der Waals surface area contributed by atoms with Gasteiger partial charge >= 0.3 is 7.12 Å². The average molecular weight is 310 g/mol. The predicted octanol–water partition coefficient (Wildman–Crippen LogP) is 5.14. The van der Waals surface area contributed by atoms with E-state index in [4.69, 9.17) is 9.31 Å². The van der Waals surface area contributed by atoms with E-state index in [0.29, 0.717) is 0 Å². The van der Waals surface area contributed by atoms with Crippen LogP contribution < -0.4 is 0 Å². The molecule has 0 saturated carbocycles. The normalized spacial score (nSPS) is 22.3. The summed E-state index contributed by atoms with van der Waals surface area (Å²) in [5.41, 5.74) is 0.689. The van der Waals surface area contributed by atoms with Crippen molar-refractivity contribution in [3.63, 3.8) is 0 Å². The highest BCUT2D eigenvalue weighted by atomic mass is 16.7. The molecule has 0 aromatic heterocycles. The largest absolute Gasteiger partial charge is 0.468 e. The third kappa shape index (κ3) is 2.51. The van der Waals surface area contributed by atoms with Crippen molar-refractivity contribution >= 4 is 17.9 Å². The lowest BCUT2D eigenvalue weighted by Gasteiger charge is -2.32. The first-order valence-electron chi connectivity index (χ1n) is 8.55. The van der Waals surface area contributed by atoms with Crippen molar-refractivity contribution in [3.05, 3.63) is 48.0 Å². The molecule has 3 heteroatoms. The maximum atomic E-state index is 6.40. The number of benzene rings is 2. The van der Waals surface area contributed by atoms with E-state index in [9.17, 15) is 0 Å². The molecule has 2 nitrogen and oxygen atoms in total. The number of rotatable bonds is 3. The summed E-state index contributed by atoms with van der Waals surface area (Å²) in [4.78, 5) is 0. The summed E-state index contributed by atoms with van der Waals surface area (Å²) in [6.45, 7) is 12.9. The van der Waals surface area contributed by atoms with E-state index in [-0.39, 0.29) is 23.6 Å². The Morgan fingerprint density at radius 1 is 0.913 bits per heavy atom. The fourth-order valence-corrected chi connectivity index (χ4v) is 3.31. The van der Waals surface area contributed by atoms with Gasteiger partial charge in [-0.25, -0.2) is 0 Å². The molecule has 0 aliphatic carbocycles. The molecule has 1 atom stereocenters. The van der Waals surface area contributed by atoms with E-state index < -0.39 is 0 Å². The van der Waals surface area contributed by atoms with Gasteiger partial charge in [-0.2, -0.15) is 0 Å². The van der Waals surface area contributed by atoms with Gasteiger partial charge in [-0.3, -0.25) is 0 Å². The molecule has 3 rings (SSSR count). The zero-order valence-electron chi connectivity index (χ0n) is 15.1. The fourth-order valence-electron chi connectivity index (χ4n) is 3.31. The quantitative estimate of drug-likeness (QED) is 0.731. The standard InChI is InChI=1S/C20H27BO2/c1-7-20(6,21-22-18(2,3)19(4,5)23-21)17-14-10-12-15-11-8-9-13-16(15)17/h8-14H,7H2,1-6H3. The molecule has 1 aliphatic rings. The second-order valence-corrected chi connectivity index (χ2v) is 7.89. The molecule has 0 bridgehead atoms. The second-order valence-electron chi connectivity index (χ2n) is 7.89. The average Bonchev–Trinajstić information content (AvgIpc) is 2.74. The SMILES string of the molecule is CCC(C)(B1OC(C)(C)C(C)(C)O1)c1cccc2ccccc12. The summed E-state index contributed by atoms with van der Waals surface area (Å²) in [7, 11) is -0.247. The number of fused-ring (bicyclic) bond motifs is 1. The highest BCUT2D eigenvalue weighted by Gasteiger charge is 2.58.